The molecule has 0 amide bonds. The molecule has 0 saturated carbocycles. The molecule has 2 rings (SSSR count). The van der Waals surface area contributed by atoms with Gasteiger partial charge < -0.3 is 9.67 Å². The van der Waals surface area contributed by atoms with Crippen molar-refractivity contribution in [1.29, 1.82) is 0 Å². The lowest BCUT2D eigenvalue weighted by atomic mass is 10.5. The smallest absolute Gasteiger partial charge is 0.265 e. The van der Waals surface area contributed by atoms with Gasteiger partial charge in [-0.1, -0.05) is 0 Å². The van der Waals surface area contributed by atoms with Crippen molar-refractivity contribution in [3.05, 3.63) is 29.0 Å². The monoisotopic (exact) mass is 287 g/mol. The van der Waals surface area contributed by atoms with Crippen molar-refractivity contribution in [2.75, 3.05) is 4.72 Å². The molecule has 0 aliphatic carbocycles. The summed E-state index contributed by atoms with van der Waals surface area (Å²) in [6.07, 6.45) is 1.45. The molecule has 0 atom stereocenters. The van der Waals surface area contributed by atoms with Crippen molar-refractivity contribution in [2.45, 2.75) is 18.4 Å². The molecular weight excluding hydrogens is 274 g/mol. The average molecular weight is 287 g/mol. The van der Waals surface area contributed by atoms with Gasteiger partial charge in [-0.25, -0.2) is 13.4 Å². The SMILES string of the molecule is Cc1csc(NS(=O)(=O)c2cc(CO)n(C)c2)n1. The molecule has 2 aromatic rings. The second-order valence-electron chi connectivity index (χ2n) is 3.84. The summed E-state index contributed by atoms with van der Waals surface area (Å²) in [6, 6.07) is 1.43. The highest BCUT2D eigenvalue weighted by Gasteiger charge is 2.18. The molecule has 0 bridgehead atoms. The lowest BCUT2D eigenvalue weighted by Gasteiger charge is -2.01. The number of aliphatic hydroxyl groups excluding tert-OH is 1. The number of rotatable bonds is 4. The van der Waals surface area contributed by atoms with Crippen LogP contribution in [-0.2, 0) is 23.7 Å². The Bertz CT molecular complexity index is 658. The van der Waals surface area contributed by atoms with Gasteiger partial charge in [0.2, 0.25) is 0 Å². The van der Waals surface area contributed by atoms with Crippen LogP contribution in [0.2, 0.25) is 0 Å². The van der Waals surface area contributed by atoms with Crippen LogP contribution in [0, 0.1) is 6.92 Å². The number of aryl methyl sites for hydroxylation is 2. The van der Waals surface area contributed by atoms with Gasteiger partial charge in [0.1, 0.15) is 4.90 Å². The third kappa shape index (κ3) is 2.55. The Morgan fingerprint density at radius 1 is 1.56 bits per heavy atom. The van der Waals surface area contributed by atoms with Crippen LogP contribution in [0.15, 0.2) is 22.5 Å². The number of thiazole rings is 1. The molecule has 0 radical (unpaired) electrons. The molecule has 0 aliphatic rings. The lowest BCUT2D eigenvalue weighted by Crippen LogP contribution is -2.12. The Morgan fingerprint density at radius 2 is 2.28 bits per heavy atom. The Kier molecular flexibility index (Phi) is 3.42. The highest BCUT2D eigenvalue weighted by atomic mass is 32.2. The van der Waals surface area contributed by atoms with Crippen LogP contribution in [0.1, 0.15) is 11.4 Å². The number of nitrogens with zero attached hydrogens (tertiary/aromatic N) is 2. The summed E-state index contributed by atoms with van der Waals surface area (Å²) in [4.78, 5) is 4.16. The van der Waals surface area contributed by atoms with Gasteiger partial charge in [-0.3, -0.25) is 4.72 Å². The van der Waals surface area contributed by atoms with Gasteiger partial charge in [0.15, 0.2) is 5.13 Å². The van der Waals surface area contributed by atoms with E-state index < -0.39 is 10.0 Å². The van der Waals surface area contributed by atoms with Gasteiger partial charge in [-0.15, -0.1) is 11.3 Å². The van der Waals surface area contributed by atoms with E-state index in [2.05, 4.69) is 9.71 Å². The zero-order valence-corrected chi connectivity index (χ0v) is 11.5. The Balaban J connectivity index is 2.30. The van der Waals surface area contributed by atoms with Crippen LogP contribution in [0.4, 0.5) is 5.13 Å². The van der Waals surface area contributed by atoms with E-state index in [9.17, 15) is 8.42 Å². The first kappa shape index (κ1) is 13.1. The number of aromatic nitrogens is 2. The van der Waals surface area contributed by atoms with Gasteiger partial charge in [-0.05, 0) is 13.0 Å². The number of hydrogen-bond donors (Lipinski definition) is 2. The molecule has 2 N–H and O–H groups in total. The zero-order chi connectivity index (χ0) is 13.3. The Morgan fingerprint density at radius 3 is 2.78 bits per heavy atom. The second-order valence-corrected chi connectivity index (χ2v) is 6.38. The first-order chi connectivity index (χ1) is 8.42. The maximum Gasteiger partial charge on any atom is 0.265 e. The van der Waals surface area contributed by atoms with Gasteiger partial charge in [-0.2, -0.15) is 0 Å². The molecule has 2 aromatic heterocycles. The van der Waals surface area contributed by atoms with E-state index in [0.717, 1.165) is 5.69 Å². The van der Waals surface area contributed by atoms with Crippen molar-refractivity contribution in [3.8, 4) is 0 Å². The molecule has 18 heavy (non-hydrogen) atoms. The number of anilines is 1. The molecule has 98 valence electrons. The summed E-state index contributed by atoms with van der Waals surface area (Å²) in [5.41, 5.74) is 1.30. The number of nitrogens with one attached hydrogen (secondary N) is 1. The van der Waals surface area contributed by atoms with E-state index in [1.165, 1.54) is 23.6 Å². The molecule has 6 nitrogen and oxygen atoms in total. The summed E-state index contributed by atoms with van der Waals surface area (Å²) in [7, 11) is -1.97. The predicted octanol–water partition coefficient (Wildman–Crippen LogP) is 1.08. The molecule has 0 saturated heterocycles. The summed E-state index contributed by atoms with van der Waals surface area (Å²) in [6.45, 7) is 1.59. The number of hydrogen-bond acceptors (Lipinski definition) is 5. The van der Waals surface area contributed by atoms with Crippen molar-refractivity contribution in [2.24, 2.45) is 7.05 Å². The van der Waals surface area contributed by atoms with Crippen molar-refractivity contribution in [3.63, 3.8) is 0 Å². The minimum atomic E-state index is -3.65. The predicted molar refractivity (Wildman–Crippen MR) is 69.0 cm³/mol. The third-order valence-corrected chi connectivity index (χ3v) is 4.71. The molecular formula is C10H13N3O3S2. The van der Waals surface area contributed by atoms with E-state index in [4.69, 9.17) is 5.11 Å². The number of aliphatic hydroxyl groups is 1. The summed E-state index contributed by atoms with van der Waals surface area (Å²) >= 11 is 1.23. The fraction of sp³-hybridized carbons (Fsp3) is 0.300. The van der Waals surface area contributed by atoms with E-state index >= 15 is 0 Å². The molecule has 8 heteroatoms. The molecule has 2 heterocycles. The standard InChI is InChI=1S/C10H13N3O3S2/c1-7-6-17-10(11-7)12-18(15,16)9-3-8(5-14)13(2)4-9/h3-4,6,14H,5H2,1-2H3,(H,11,12). The van der Waals surface area contributed by atoms with Gasteiger partial charge >= 0.3 is 0 Å². The van der Waals surface area contributed by atoms with E-state index in [1.807, 2.05) is 0 Å². The summed E-state index contributed by atoms with van der Waals surface area (Å²) in [5.74, 6) is 0. The van der Waals surface area contributed by atoms with Crippen LogP contribution in [0.25, 0.3) is 0 Å². The van der Waals surface area contributed by atoms with Crippen LogP contribution in [0.5, 0.6) is 0 Å². The normalized spacial score (nSPS) is 11.7. The summed E-state index contributed by atoms with van der Waals surface area (Å²) < 4.78 is 28.1. The maximum atomic E-state index is 12.1. The van der Waals surface area contributed by atoms with Crippen molar-refractivity contribution < 1.29 is 13.5 Å². The first-order valence-corrected chi connectivity index (χ1v) is 7.49. The Hall–Kier alpha value is -1.38. The van der Waals surface area contributed by atoms with Crippen LogP contribution < -0.4 is 4.72 Å². The average Bonchev–Trinajstić information content (AvgIpc) is 2.84. The highest BCUT2D eigenvalue weighted by molar-refractivity contribution is 7.93. The molecule has 0 aliphatic heterocycles. The van der Waals surface area contributed by atoms with Crippen molar-refractivity contribution in [1.82, 2.24) is 9.55 Å². The quantitative estimate of drug-likeness (QED) is 0.881. The third-order valence-electron chi connectivity index (χ3n) is 2.40. The first-order valence-electron chi connectivity index (χ1n) is 5.13. The second kappa shape index (κ2) is 4.71. The van der Waals surface area contributed by atoms with E-state index in [-0.39, 0.29) is 11.5 Å². The molecule has 0 fully saturated rings. The largest absolute Gasteiger partial charge is 0.390 e. The van der Waals surface area contributed by atoms with E-state index in [1.54, 1.807) is 23.9 Å². The highest BCUT2D eigenvalue weighted by Crippen LogP contribution is 2.21. The topological polar surface area (TPSA) is 84.2 Å². The minimum absolute atomic E-state index is 0.113. The van der Waals surface area contributed by atoms with E-state index in [0.29, 0.717) is 10.8 Å². The zero-order valence-electron chi connectivity index (χ0n) is 9.91. The molecule has 0 aromatic carbocycles. The maximum absolute atomic E-state index is 12.1. The fourth-order valence-corrected chi connectivity index (χ4v) is 3.49. The van der Waals surface area contributed by atoms with Crippen molar-refractivity contribution >= 4 is 26.5 Å². The fourth-order valence-electron chi connectivity index (χ4n) is 1.46. The van der Waals surface area contributed by atoms with Gasteiger partial charge in [0.05, 0.1) is 12.3 Å². The van der Waals surface area contributed by atoms with Gasteiger partial charge in [0.25, 0.3) is 10.0 Å². The Labute approximate surface area is 109 Å². The lowest BCUT2D eigenvalue weighted by molar-refractivity contribution is 0.272. The molecule has 0 spiro atoms. The minimum Gasteiger partial charge on any atom is -0.390 e. The van der Waals surface area contributed by atoms with Gasteiger partial charge in [0, 0.05) is 24.3 Å². The summed E-state index contributed by atoms with van der Waals surface area (Å²) in [5, 5.41) is 11.1. The van der Waals surface area contributed by atoms with Crippen LogP contribution >= 0.6 is 11.3 Å². The number of sulfonamides is 1. The molecule has 0 unspecified atom stereocenters. The van der Waals surface area contributed by atoms with Crippen LogP contribution in [0.3, 0.4) is 0 Å². The van der Waals surface area contributed by atoms with Crippen LogP contribution in [-0.4, -0.2) is 23.1 Å².